The number of nitrogens with one attached hydrogen (secondary N) is 1. The molecular formula is C30H36N2O3. The van der Waals surface area contributed by atoms with E-state index in [1.807, 2.05) is 60.7 Å². The number of rotatable bonds is 11. The third-order valence-corrected chi connectivity index (χ3v) is 6.12. The first-order valence-corrected chi connectivity index (χ1v) is 12.2. The predicted octanol–water partition coefficient (Wildman–Crippen LogP) is 5.41. The summed E-state index contributed by atoms with van der Waals surface area (Å²) in [6.07, 6.45) is 0.264. The Morgan fingerprint density at radius 3 is 2.00 bits per heavy atom. The molecule has 2 amide bonds. The van der Waals surface area contributed by atoms with Crippen LogP contribution in [0.25, 0.3) is 0 Å². The van der Waals surface area contributed by atoms with Crippen molar-refractivity contribution in [1.29, 1.82) is 0 Å². The number of nitrogens with zero attached hydrogens (tertiary/aromatic N) is 1. The minimum absolute atomic E-state index is 0.0716. The topological polar surface area (TPSA) is 58.6 Å². The van der Waals surface area contributed by atoms with Crippen LogP contribution < -0.4 is 10.1 Å². The highest BCUT2D eigenvalue weighted by molar-refractivity contribution is 5.87. The number of hydrogen-bond acceptors (Lipinski definition) is 3. The van der Waals surface area contributed by atoms with Gasteiger partial charge >= 0.3 is 0 Å². The highest BCUT2D eigenvalue weighted by atomic mass is 16.5. The molecular weight excluding hydrogens is 436 g/mol. The van der Waals surface area contributed by atoms with Crippen molar-refractivity contribution in [3.8, 4) is 5.75 Å². The van der Waals surface area contributed by atoms with Gasteiger partial charge in [0.25, 0.3) is 0 Å². The quantitative estimate of drug-likeness (QED) is 0.406. The van der Waals surface area contributed by atoms with E-state index in [9.17, 15) is 9.59 Å². The molecule has 3 aromatic rings. The summed E-state index contributed by atoms with van der Waals surface area (Å²) in [6, 6.07) is 27.1. The second-order valence-corrected chi connectivity index (χ2v) is 9.27. The molecule has 0 unspecified atom stereocenters. The van der Waals surface area contributed by atoms with Gasteiger partial charge in [0, 0.05) is 25.4 Å². The van der Waals surface area contributed by atoms with E-state index >= 15 is 0 Å². The summed E-state index contributed by atoms with van der Waals surface area (Å²) in [5, 5.41) is 2.98. The lowest BCUT2D eigenvalue weighted by Gasteiger charge is -2.31. The van der Waals surface area contributed by atoms with Crippen molar-refractivity contribution in [2.45, 2.75) is 45.7 Å². The zero-order valence-electron chi connectivity index (χ0n) is 21.1. The molecule has 0 fully saturated rings. The molecule has 0 aliphatic heterocycles. The number of amides is 2. The molecule has 3 rings (SSSR count). The Hall–Kier alpha value is -3.60. The zero-order valence-corrected chi connectivity index (χ0v) is 21.1. The molecule has 3 aromatic carbocycles. The van der Waals surface area contributed by atoms with E-state index < -0.39 is 6.04 Å². The van der Waals surface area contributed by atoms with E-state index in [0.717, 1.165) is 22.4 Å². The Balaban J connectivity index is 1.90. The van der Waals surface area contributed by atoms with Gasteiger partial charge in [-0.2, -0.15) is 0 Å². The zero-order chi connectivity index (χ0) is 25.2. The summed E-state index contributed by atoms with van der Waals surface area (Å²) in [5.41, 5.74) is 3.06. The molecule has 0 radical (unpaired) electrons. The molecule has 35 heavy (non-hydrogen) atoms. The number of carbonyl (C=O) groups is 2. The van der Waals surface area contributed by atoms with Crippen LogP contribution in [0.15, 0.2) is 84.9 Å². The van der Waals surface area contributed by atoms with Crippen molar-refractivity contribution < 1.29 is 14.3 Å². The van der Waals surface area contributed by atoms with Crippen molar-refractivity contribution in [1.82, 2.24) is 10.2 Å². The van der Waals surface area contributed by atoms with E-state index in [2.05, 4.69) is 43.4 Å². The normalized spacial score (nSPS) is 11.8. The van der Waals surface area contributed by atoms with Crippen molar-refractivity contribution in [2.24, 2.45) is 5.92 Å². The SMILES string of the molecule is COc1cccc(CN(C(=O)CC(c2ccccc2)c2ccccc2)[C@@H](C)C(=O)NCC(C)C)c1. The molecule has 0 aliphatic carbocycles. The smallest absolute Gasteiger partial charge is 0.242 e. The molecule has 0 saturated carbocycles. The molecule has 5 nitrogen and oxygen atoms in total. The van der Waals surface area contributed by atoms with E-state index in [1.165, 1.54) is 0 Å². The van der Waals surface area contributed by atoms with Crippen LogP contribution in [0.2, 0.25) is 0 Å². The summed E-state index contributed by atoms with van der Waals surface area (Å²) in [4.78, 5) is 28.5. The fraction of sp³-hybridized carbons (Fsp3) is 0.333. The molecule has 1 N–H and O–H groups in total. The lowest BCUT2D eigenvalue weighted by atomic mass is 9.88. The molecule has 0 saturated heterocycles. The Morgan fingerprint density at radius 1 is 0.857 bits per heavy atom. The molecule has 0 aromatic heterocycles. The average Bonchev–Trinajstić information content (AvgIpc) is 2.89. The maximum atomic E-state index is 13.9. The van der Waals surface area contributed by atoms with Crippen molar-refractivity contribution in [3.63, 3.8) is 0 Å². The standard InChI is InChI=1S/C30H36N2O3/c1-22(2)20-31-30(34)23(3)32(21-24-12-11-17-27(18-24)35-4)29(33)19-28(25-13-7-5-8-14-25)26-15-9-6-10-16-26/h5-18,22-23,28H,19-21H2,1-4H3,(H,31,34)/t23-/m0/s1. The number of benzene rings is 3. The first kappa shape index (κ1) is 26.0. The van der Waals surface area contributed by atoms with Gasteiger partial charge in [-0.1, -0.05) is 86.6 Å². The minimum Gasteiger partial charge on any atom is -0.497 e. The summed E-state index contributed by atoms with van der Waals surface area (Å²) in [6.45, 7) is 6.79. The Morgan fingerprint density at radius 2 is 1.46 bits per heavy atom. The molecule has 0 bridgehead atoms. The minimum atomic E-state index is -0.611. The molecule has 5 heteroatoms. The largest absolute Gasteiger partial charge is 0.497 e. The van der Waals surface area contributed by atoms with Crippen LogP contribution >= 0.6 is 0 Å². The highest BCUT2D eigenvalue weighted by Gasteiger charge is 2.29. The summed E-state index contributed by atoms with van der Waals surface area (Å²) < 4.78 is 5.37. The van der Waals surface area contributed by atoms with Gasteiger partial charge in [-0.3, -0.25) is 9.59 Å². The summed E-state index contributed by atoms with van der Waals surface area (Å²) in [5.74, 6) is 0.722. The number of hydrogen-bond donors (Lipinski definition) is 1. The predicted molar refractivity (Wildman–Crippen MR) is 140 cm³/mol. The van der Waals surface area contributed by atoms with Gasteiger partial charge in [0.05, 0.1) is 7.11 Å². The Kier molecular flexibility index (Phi) is 9.47. The Bertz CT molecular complexity index is 1040. The maximum absolute atomic E-state index is 13.9. The van der Waals surface area contributed by atoms with Gasteiger partial charge in [0.1, 0.15) is 11.8 Å². The Labute approximate surface area is 209 Å². The number of ether oxygens (including phenoxy) is 1. The second-order valence-electron chi connectivity index (χ2n) is 9.27. The fourth-order valence-electron chi connectivity index (χ4n) is 4.09. The van der Waals surface area contributed by atoms with Gasteiger partial charge in [0.15, 0.2) is 0 Å². The van der Waals surface area contributed by atoms with Gasteiger partial charge in [-0.25, -0.2) is 0 Å². The van der Waals surface area contributed by atoms with Crippen LogP contribution in [0.1, 0.15) is 49.8 Å². The van der Waals surface area contributed by atoms with E-state index in [-0.39, 0.29) is 24.2 Å². The van der Waals surface area contributed by atoms with Crippen LogP contribution in [-0.2, 0) is 16.1 Å². The van der Waals surface area contributed by atoms with Gasteiger partial charge in [0.2, 0.25) is 11.8 Å². The summed E-state index contributed by atoms with van der Waals surface area (Å²) >= 11 is 0. The van der Waals surface area contributed by atoms with Crippen molar-refractivity contribution >= 4 is 11.8 Å². The lowest BCUT2D eigenvalue weighted by Crippen LogP contribution is -2.48. The molecule has 0 aliphatic rings. The van der Waals surface area contributed by atoms with Gasteiger partial charge in [-0.05, 0) is 41.7 Å². The molecule has 1 atom stereocenters. The monoisotopic (exact) mass is 472 g/mol. The fourth-order valence-corrected chi connectivity index (χ4v) is 4.09. The number of carbonyl (C=O) groups excluding carboxylic acids is 2. The second kappa shape index (κ2) is 12.7. The first-order valence-electron chi connectivity index (χ1n) is 12.2. The maximum Gasteiger partial charge on any atom is 0.242 e. The van der Waals surface area contributed by atoms with Crippen LogP contribution in [0, 0.1) is 5.92 Å². The van der Waals surface area contributed by atoms with Crippen molar-refractivity contribution in [2.75, 3.05) is 13.7 Å². The highest BCUT2D eigenvalue weighted by Crippen LogP contribution is 2.29. The number of methoxy groups -OCH3 is 1. The van der Waals surface area contributed by atoms with Crippen LogP contribution in [0.3, 0.4) is 0 Å². The third kappa shape index (κ3) is 7.44. The van der Waals surface area contributed by atoms with Gasteiger partial charge < -0.3 is 15.0 Å². The average molecular weight is 473 g/mol. The molecule has 184 valence electrons. The molecule has 0 heterocycles. The third-order valence-electron chi connectivity index (χ3n) is 6.12. The summed E-state index contributed by atoms with van der Waals surface area (Å²) in [7, 11) is 1.62. The van der Waals surface area contributed by atoms with E-state index in [4.69, 9.17) is 4.74 Å². The van der Waals surface area contributed by atoms with Crippen LogP contribution in [0.4, 0.5) is 0 Å². The van der Waals surface area contributed by atoms with Crippen molar-refractivity contribution in [3.05, 3.63) is 102 Å². The lowest BCUT2D eigenvalue weighted by molar-refractivity contribution is -0.140. The molecule has 0 spiro atoms. The van der Waals surface area contributed by atoms with E-state index in [1.54, 1.807) is 18.9 Å². The van der Waals surface area contributed by atoms with Crippen LogP contribution in [-0.4, -0.2) is 36.4 Å². The van der Waals surface area contributed by atoms with E-state index in [0.29, 0.717) is 19.0 Å². The first-order chi connectivity index (χ1) is 16.9. The van der Waals surface area contributed by atoms with Gasteiger partial charge in [-0.15, -0.1) is 0 Å². The van der Waals surface area contributed by atoms with Crippen LogP contribution in [0.5, 0.6) is 5.75 Å².